The van der Waals surface area contributed by atoms with Crippen molar-refractivity contribution in [2.45, 2.75) is 13.0 Å². The van der Waals surface area contributed by atoms with Crippen molar-refractivity contribution in [1.29, 1.82) is 0 Å². The standard InChI is InChI=1S/C18H15ClN2O4/c19-14-6-4-5-13(11-14)18-20-16(25-21-18)12-24-17(22)9-10-23-15-7-2-1-3-8-15/h1-8,11H,9-10,12H2. The lowest BCUT2D eigenvalue weighted by molar-refractivity contribution is -0.146. The number of rotatable bonds is 7. The molecule has 3 aromatic rings. The van der Waals surface area contributed by atoms with Gasteiger partial charge in [-0.2, -0.15) is 4.98 Å². The number of aromatic nitrogens is 2. The highest BCUT2D eigenvalue weighted by Crippen LogP contribution is 2.20. The van der Waals surface area contributed by atoms with E-state index in [1.165, 1.54) is 0 Å². The van der Waals surface area contributed by atoms with Crippen molar-refractivity contribution in [3.8, 4) is 17.1 Å². The van der Waals surface area contributed by atoms with Crippen LogP contribution in [0.15, 0.2) is 59.1 Å². The summed E-state index contributed by atoms with van der Waals surface area (Å²) < 4.78 is 15.6. The Kier molecular flexibility index (Phi) is 5.64. The lowest BCUT2D eigenvalue weighted by Gasteiger charge is -2.05. The van der Waals surface area contributed by atoms with E-state index in [4.69, 9.17) is 25.6 Å². The molecule has 0 unspecified atom stereocenters. The van der Waals surface area contributed by atoms with E-state index in [1.807, 2.05) is 36.4 Å². The monoisotopic (exact) mass is 358 g/mol. The normalized spacial score (nSPS) is 10.4. The number of halogens is 1. The predicted molar refractivity (Wildman–Crippen MR) is 91.1 cm³/mol. The summed E-state index contributed by atoms with van der Waals surface area (Å²) in [5, 5.41) is 4.42. The highest BCUT2D eigenvalue weighted by Gasteiger charge is 2.11. The fourth-order valence-electron chi connectivity index (χ4n) is 2.04. The van der Waals surface area contributed by atoms with Crippen LogP contribution in [0.1, 0.15) is 12.3 Å². The van der Waals surface area contributed by atoms with Gasteiger partial charge in [-0.1, -0.05) is 47.1 Å². The molecule has 0 amide bonds. The Hall–Kier alpha value is -2.86. The zero-order valence-electron chi connectivity index (χ0n) is 13.2. The molecule has 0 saturated heterocycles. The van der Waals surface area contributed by atoms with E-state index in [2.05, 4.69) is 10.1 Å². The maximum atomic E-state index is 11.7. The number of para-hydroxylation sites is 1. The van der Waals surface area contributed by atoms with Gasteiger partial charge in [0.1, 0.15) is 5.75 Å². The van der Waals surface area contributed by atoms with Crippen molar-refractivity contribution in [1.82, 2.24) is 10.1 Å². The molecule has 0 aliphatic heterocycles. The Morgan fingerprint density at radius 1 is 1.12 bits per heavy atom. The third-order valence-electron chi connectivity index (χ3n) is 3.23. The number of carbonyl (C=O) groups is 1. The molecule has 2 aromatic carbocycles. The first-order chi connectivity index (χ1) is 12.2. The minimum atomic E-state index is -0.404. The summed E-state index contributed by atoms with van der Waals surface area (Å²) in [6.07, 6.45) is 0.129. The van der Waals surface area contributed by atoms with Crippen LogP contribution in [0.2, 0.25) is 5.02 Å². The van der Waals surface area contributed by atoms with Gasteiger partial charge in [0.2, 0.25) is 5.82 Å². The van der Waals surface area contributed by atoms with Crippen LogP contribution in [0, 0.1) is 0 Å². The fourth-order valence-corrected chi connectivity index (χ4v) is 2.23. The molecule has 0 spiro atoms. The molecule has 1 aromatic heterocycles. The van der Waals surface area contributed by atoms with Crippen LogP contribution in [0.25, 0.3) is 11.4 Å². The number of carbonyl (C=O) groups excluding carboxylic acids is 1. The highest BCUT2D eigenvalue weighted by molar-refractivity contribution is 6.30. The molecule has 3 rings (SSSR count). The Morgan fingerprint density at radius 3 is 2.76 bits per heavy atom. The van der Waals surface area contributed by atoms with Crippen molar-refractivity contribution in [3.63, 3.8) is 0 Å². The lowest BCUT2D eigenvalue weighted by atomic mass is 10.2. The Bertz CT molecular complexity index is 836. The minimum Gasteiger partial charge on any atom is -0.493 e. The van der Waals surface area contributed by atoms with Gasteiger partial charge < -0.3 is 14.0 Å². The van der Waals surface area contributed by atoms with E-state index in [9.17, 15) is 4.79 Å². The van der Waals surface area contributed by atoms with E-state index in [-0.39, 0.29) is 25.5 Å². The zero-order chi connectivity index (χ0) is 17.5. The fraction of sp³-hybridized carbons (Fsp3) is 0.167. The van der Waals surface area contributed by atoms with Crippen LogP contribution in [-0.4, -0.2) is 22.7 Å². The first kappa shape index (κ1) is 17.0. The topological polar surface area (TPSA) is 74.5 Å². The molecular weight excluding hydrogens is 344 g/mol. The van der Waals surface area contributed by atoms with Crippen LogP contribution >= 0.6 is 11.6 Å². The number of ether oxygens (including phenoxy) is 2. The number of hydrogen-bond acceptors (Lipinski definition) is 6. The molecule has 128 valence electrons. The van der Waals surface area contributed by atoms with Crippen LogP contribution in [0.4, 0.5) is 0 Å². The Balaban J connectivity index is 1.45. The van der Waals surface area contributed by atoms with E-state index in [0.717, 1.165) is 5.56 Å². The third-order valence-corrected chi connectivity index (χ3v) is 3.46. The summed E-state index contributed by atoms with van der Waals surface area (Å²) in [7, 11) is 0. The quantitative estimate of drug-likeness (QED) is 0.596. The molecule has 0 N–H and O–H groups in total. The molecule has 0 aliphatic rings. The molecule has 0 saturated carbocycles. The minimum absolute atomic E-state index is 0.0856. The van der Waals surface area contributed by atoms with Gasteiger partial charge in [0, 0.05) is 10.6 Å². The average molecular weight is 359 g/mol. The smallest absolute Gasteiger partial charge is 0.309 e. The summed E-state index contributed by atoms with van der Waals surface area (Å²) in [4.78, 5) is 15.9. The summed E-state index contributed by atoms with van der Waals surface area (Å²) >= 11 is 5.93. The first-order valence-electron chi connectivity index (χ1n) is 7.63. The van der Waals surface area contributed by atoms with Gasteiger partial charge in [-0.25, -0.2) is 0 Å². The van der Waals surface area contributed by atoms with Gasteiger partial charge in [-0.3, -0.25) is 4.79 Å². The Labute approximate surface area is 149 Å². The largest absolute Gasteiger partial charge is 0.493 e. The maximum absolute atomic E-state index is 11.7. The molecular formula is C18H15ClN2O4. The number of benzene rings is 2. The predicted octanol–water partition coefficient (Wildman–Crippen LogP) is 3.90. The van der Waals surface area contributed by atoms with E-state index in [1.54, 1.807) is 18.2 Å². The summed E-state index contributed by atoms with van der Waals surface area (Å²) in [5.74, 6) is 0.907. The number of esters is 1. The van der Waals surface area contributed by atoms with Crippen molar-refractivity contribution >= 4 is 17.6 Å². The molecule has 0 aliphatic carbocycles. The molecule has 0 atom stereocenters. The van der Waals surface area contributed by atoms with Crippen molar-refractivity contribution in [2.75, 3.05) is 6.61 Å². The van der Waals surface area contributed by atoms with E-state index < -0.39 is 5.97 Å². The lowest BCUT2D eigenvalue weighted by Crippen LogP contribution is -2.10. The van der Waals surface area contributed by atoms with Gasteiger partial charge in [0.15, 0.2) is 6.61 Å². The maximum Gasteiger partial charge on any atom is 0.309 e. The van der Waals surface area contributed by atoms with Gasteiger partial charge in [0.05, 0.1) is 13.0 Å². The van der Waals surface area contributed by atoms with Crippen LogP contribution in [0.3, 0.4) is 0 Å². The van der Waals surface area contributed by atoms with Gasteiger partial charge in [0.25, 0.3) is 5.89 Å². The SMILES string of the molecule is O=C(CCOc1ccccc1)OCc1nc(-c2cccc(Cl)c2)no1. The van der Waals surface area contributed by atoms with Gasteiger partial charge >= 0.3 is 5.97 Å². The summed E-state index contributed by atoms with van der Waals surface area (Å²) in [6.45, 7) is 0.151. The second-order valence-corrected chi connectivity index (χ2v) is 5.53. The second-order valence-electron chi connectivity index (χ2n) is 5.09. The van der Waals surface area contributed by atoms with Crippen LogP contribution < -0.4 is 4.74 Å². The average Bonchev–Trinajstić information content (AvgIpc) is 3.10. The highest BCUT2D eigenvalue weighted by atomic mass is 35.5. The van der Waals surface area contributed by atoms with E-state index in [0.29, 0.717) is 16.6 Å². The van der Waals surface area contributed by atoms with Crippen LogP contribution in [-0.2, 0) is 16.1 Å². The molecule has 0 radical (unpaired) electrons. The molecule has 7 heteroatoms. The third kappa shape index (κ3) is 5.06. The molecule has 0 bridgehead atoms. The van der Waals surface area contributed by atoms with Crippen molar-refractivity contribution in [3.05, 3.63) is 65.5 Å². The first-order valence-corrected chi connectivity index (χ1v) is 8.00. The summed E-state index contributed by atoms with van der Waals surface area (Å²) in [6, 6.07) is 16.3. The summed E-state index contributed by atoms with van der Waals surface area (Å²) in [5.41, 5.74) is 0.727. The van der Waals surface area contributed by atoms with Crippen molar-refractivity contribution < 1.29 is 18.8 Å². The molecule has 1 heterocycles. The van der Waals surface area contributed by atoms with E-state index >= 15 is 0 Å². The van der Waals surface area contributed by atoms with Crippen molar-refractivity contribution in [2.24, 2.45) is 0 Å². The zero-order valence-corrected chi connectivity index (χ0v) is 14.0. The van der Waals surface area contributed by atoms with Crippen LogP contribution in [0.5, 0.6) is 5.75 Å². The van der Waals surface area contributed by atoms with Gasteiger partial charge in [-0.15, -0.1) is 0 Å². The Morgan fingerprint density at radius 2 is 1.96 bits per heavy atom. The molecule has 25 heavy (non-hydrogen) atoms. The second kappa shape index (κ2) is 8.30. The number of hydrogen-bond donors (Lipinski definition) is 0. The molecule has 6 nitrogen and oxygen atoms in total. The number of nitrogens with zero attached hydrogens (tertiary/aromatic N) is 2. The van der Waals surface area contributed by atoms with Gasteiger partial charge in [-0.05, 0) is 24.3 Å². The molecule has 0 fully saturated rings.